The molecule has 0 saturated carbocycles. The molecule has 0 amide bonds. The summed E-state index contributed by atoms with van der Waals surface area (Å²) in [6.07, 6.45) is 6.34. The molecule has 0 saturated heterocycles. The molecular formula is C18H22N10O. The van der Waals surface area contributed by atoms with E-state index in [2.05, 4.69) is 35.8 Å². The Morgan fingerprint density at radius 1 is 1.31 bits per heavy atom. The summed E-state index contributed by atoms with van der Waals surface area (Å²) in [6.45, 7) is 5.91. The van der Waals surface area contributed by atoms with E-state index in [0.29, 0.717) is 28.2 Å². The van der Waals surface area contributed by atoms with Gasteiger partial charge in [-0.15, -0.1) is 5.11 Å². The lowest BCUT2D eigenvalue weighted by Gasteiger charge is -2.23. The number of nitrogens with two attached hydrogens (primary N) is 1. The van der Waals surface area contributed by atoms with E-state index in [0.717, 1.165) is 0 Å². The molecule has 11 nitrogen and oxygen atoms in total. The monoisotopic (exact) mass is 394 g/mol. The van der Waals surface area contributed by atoms with Crippen LogP contribution in [0.15, 0.2) is 51.9 Å². The Morgan fingerprint density at radius 2 is 2.10 bits per heavy atom. The Balaban J connectivity index is 2.14. The lowest BCUT2D eigenvalue weighted by Crippen LogP contribution is -2.29. The molecule has 3 aromatic heterocycles. The van der Waals surface area contributed by atoms with Crippen LogP contribution in [0.5, 0.6) is 0 Å². The zero-order valence-electron chi connectivity index (χ0n) is 16.3. The summed E-state index contributed by atoms with van der Waals surface area (Å²) in [4.78, 5) is 25.9. The predicted molar refractivity (Wildman–Crippen MR) is 111 cm³/mol. The van der Waals surface area contributed by atoms with Gasteiger partial charge < -0.3 is 21.0 Å². The standard InChI is InChI=1S/C18H22N10O/c1-18(2,3)25-16-15-11(4-7-28(17(15)29)10-14(26-19)27-20)8-12(24-16)23-13-9-21-5-6-22-13/h4-9,19H,10,20H2,1-3H3,(H2,22,23,24,25)/b26-19?,27-14-. The average molecular weight is 394 g/mol. The maximum Gasteiger partial charge on any atom is 0.262 e. The molecule has 0 aliphatic carbocycles. The number of hydrazone groups is 1. The van der Waals surface area contributed by atoms with E-state index in [-0.39, 0.29) is 23.5 Å². The molecule has 3 heterocycles. The number of nitrogens with zero attached hydrogens (tertiary/aromatic N) is 6. The highest BCUT2D eigenvalue weighted by Crippen LogP contribution is 2.25. The van der Waals surface area contributed by atoms with Crippen LogP contribution in [0.3, 0.4) is 0 Å². The zero-order valence-corrected chi connectivity index (χ0v) is 16.3. The molecule has 3 rings (SSSR count). The summed E-state index contributed by atoms with van der Waals surface area (Å²) < 4.78 is 1.39. The van der Waals surface area contributed by atoms with Gasteiger partial charge in [0.05, 0.1) is 18.1 Å². The molecule has 0 radical (unpaired) electrons. The van der Waals surface area contributed by atoms with Gasteiger partial charge in [-0.05, 0) is 38.3 Å². The van der Waals surface area contributed by atoms with Gasteiger partial charge in [-0.1, -0.05) is 0 Å². The summed E-state index contributed by atoms with van der Waals surface area (Å²) in [6, 6.07) is 3.54. The van der Waals surface area contributed by atoms with Crippen molar-refractivity contribution in [3.63, 3.8) is 0 Å². The second-order valence-corrected chi connectivity index (χ2v) is 7.32. The largest absolute Gasteiger partial charge is 0.365 e. The number of fused-ring (bicyclic) bond motifs is 1. The van der Waals surface area contributed by atoms with E-state index < -0.39 is 0 Å². The van der Waals surface area contributed by atoms with Crippen molar-refractivity contribution in [3.05, 3.63) is 47.3 Å². The molecule has 29 heavy (non-hydrogen) atoms. The number of amidine groups is 1. The number of aromatic nitrogens is 4. The van der Waals surface area contributed by atoms with Crippen LogP contribution in [-0.2, 0) is 6.54 Å². The average Bonchev–Trinajstić information content (AvgIpc) is 2.67. The van der Waals surface area contributed by atoms with E-state index in [1.54, 1.807) is 36.9 Å². The van der Waals surface area contributed by atoms with Crippen molar-refractivity contribution in [2.24, 2.45) is 16.1 Å². The minimum atomic E-state index is -0.335. The molecule has 5 N–H and O–H groups in total. The topological polar surface area (TPSA) is 159 Å². The van der Waals surface area contributed by atoms with Gasteiger partial charge in [-0.3, -0.25) is 9.78 Å². The van der Waals surface area contributed by atoms with Crippen LogP contribution in [0, 0.1) is 5.53 Å². The third-order valence-electron chi connectivity index (χ3n) is 3.86. The summed E-state index contributed by atoms with van der Waals surface area (Å²) in [5, 5.41) is 14.1. The Morgan fingerprint density at radius 3 is 2.72 bits per heavy atom. The molecule has 0 aliphatic heterocycles. The smallest absolute Gasteiger partial charge is 0.262 e. The van der Waals surface area contributed by atoms with Crippen molar-refractivity contribution in [1.82, 2.24) is 19.5 Å². The van der Waals surface area contributed by atoms with E-state index in [1.807, 2.05) is 20.8 Å². The van der Waals surface area contributed by atoms with Crippen LogP contribution < -0.4 is 22.0 Å². The summed E-state index contributed by atoms with van der Waals surface area (Å²) in [5.74, 6) is 6.73. The predicted octanol–water partition coefficient (Wildman–Crippen LogP) is 2.44. The van der Waals surface area contributed by atoms with Crippen molar-refractivity contribution in [3.8, 4) is 0 Å². The lowest BCUT2D eigenvalue weighted by atomic mass is 10.1. The lowest BCUT2D eigenvalue weighted by molar-refractivity contribution is 0.631. The normalized spacial score (nSPS) is 12.0. The highest BCUT2D eigenvalue weighted by Gasteiger charge is 2.18. The van der Waals surface area contributed by atoms with E-state index >= 15 is 0 Å². The quantitative estimate of drug-likeness (QED) is 0.170. The number of anilines is 3. The van der Waals surface area contributed by atoms with Crippen LogP contribution in [-0.4, -0.2) is 30.9 Å². The molecular weight excluding hydrogens is 372 g/mol. The Hall–Kier alpha value is -3.89. The fourth-order valence-electron chi connectivity index (χ4n) is 2.69. The number of hydrogen-bond acceptors (Lipinski definition) is 9. The fourth-order valence-corrected chi connectivity index (χ4v) is 2.69. The van der Waals surface area contributed by atoms with Crippen molar-refractivity contribution in [2.45, 2.75) is 32.9 Å². The third-order valence-corrected chi connectivity index (χ3v) is 3.86. The van der Waals surface area contributed by atoms with E-state index in [9.17, 15) is 4.79 Å². The minimum absolute atomic E-state index is 0.0106. The van der Waals surface area contributed by atoms with Gasteiger partial charge in [-0.2, -0.15) is 5.10 Å². The number of hydrogen-bond donors (Lipinski definition) is 4. The van der Waals surface area contributed by atoms with Gasteiger partial charge in [0.2, 0.25) is 0 Å². The van der Waals surface area contributed by atoms with E-state index in [1.165, 1.54) is 4.57 Å². The van der Waals surface area contributed by atoms with Gasteiger partial charge in [0, 0.05) is 24.1 Å². The van der Waals surface area contributed by atoms with Gasteiger partial charge >= 0.3 is 0 Å². The van der Waals surface area contributed by atoms with E-state index in [4.69, 9.17) is 11.4 Å². The first-order valence-corrected chi connectivity index (χ1v) is 8.80. The zero-order chi connectivity index (χ0) is 21.0. The Kier molecular flexibility index (Phi) is 5.48. The first kappa shape index (κ1) is 19.9. The molecule has 11 heteroatoms. The summed E-state index contributed by atoms with van der Waals surface area (Å²) in [7, 11) is 0. The number of rotatable bonds is 5. The number of pyridine rings is 2. The van der Waals surface area contributed by atoms with Gasteiger partial charge in [0.15, 0.2) is 5.84 Å². The van der Waals surface area contributed by atoms with Crippen molar-refractivity contribution in [2.75, 3.05) is 10.6 Å². The van der Waals surface area contributed by atoms with Gasteiger partial charge in [-0.25, -0.2) is 15.5 Å². The highest BCUT2D eigenvalue weighted by atomic mass is 16.1. The number of nitrogens with one attached hydrogen (secondary N) is 3. The maximum absolute atomic E-state index is 13.1. The summed E-state index contributed by atoms with van der Waals surface area (Å²) >= 11 is 0. The second-order valence-electron chi connectivity index (χ2n) is 7.32. The molecule has 0 unspecified atom stereocenters. The SMILES string of the molecule is CC(C)(C)Nc1nc(Nc2cnccn2)cc2ccn(C/C(N=N)=N/N)c(=O)c12. The molecule has 150 valence electrons. The van der Waals surface area contributed by atoms with Crippen molar-refractivity contribution < 1.29 is 0 Å². The first-order valence-electron chi connectivity index (χ1n) is 8.80. The molecule has 3 aromatic rings. The second kappa shape index (κ2) is 8.00. The summed E-state index contributed by atoms with van der Waals surface area (Å²) in [5.41, 5.74) is 6.46. The minimum Gasteiger partial charge on any atom is -0.365 e. The molecule has 0 aromatic carbocycles. The highest BCUT2D eigenvalue weighted by molar-refractivity contribution is 5.94. The van der Waals surface area contributed by atoms with Crippen LogP contribution >= 0.6 is 0 Å². The van der Waals surface area contributed by atoms with Crippen LogP contribution in [0.2, 0.25) is 0 Å². The third kappa shape index (κ3) is 4.69. The first-order chi connectivity index (χ1) is 13.8. The molecule has 0 aliphatic rings. The van der Waals surface area contributed by atoms with Crippen LogP contribution in [0.4, 0.5) is 17.5 Å². The fraction of sp³-hybridized carbons (Fsp3) is 0.278. The van der Waals surface area contributed by atoms with Gasteiger partial charge in [0.25, 0.3) is 5.56 Å². The Bertz CT molecular complexity index is 1120. The molecule has 0 fully saturated rings. The van der Waals surface area contributed by atoms with Crippen molar-refractivity contribution >= 4 is 34.1 Å². The Labute approximate surface area is 166 Å². The van der Waals surface area contributed by atoms with Crippen LogP contribution in [0.25, 0.3) is 10.8 Å². The molecule has 0 bridgehead atoms. The maximum atomic E-state index is 13.1. The molecule has 0 atom stereocenters. The van der Waals surface area contributed by atoms with Gasteiger partial charge in [0.1, 0.15) is 17.5 Å². The van der Waals surface area contributed by atoms with Crippen molar-refractivity contribution in [1.29, 1.82) is 5.53 Å². The van der Waals surface area contributed by atoms with Crippen LogP contribution in [0.1, 0.15) is 20.8 Å². The molecule has 0 spiro atoms.